The lowest BCUT2D eigenvalue weighted by Crippen LogP contribution is -2.51. The maximum absolute atomic E-state index is 12.4. The maximum Gasteiger partial charge on any atom is 0.326 e. The van der Waals surface area contributed by atoms with Gasteiger partial charge in [-0.3, -0.25) is 24.0 Å². The van der Waals surface area contributed by atoms with Crippen LogP contribution in [0, 0.1) is 0 Å². The molecule has 0 fully saturated rings. The van der Waals surface area contributed by atoms with E-state index in [-0.39, 0.29) is 17.5 Å². The van der Waals surface area contributed by atoms with Crippen molar-refractivity contribution in [2.45, 2.75) is 45.0 Å². The molecule has 3 atom stereocenters. The first kappa shape index (κ1) is 24.5. The van der Waals surface area contributed by atoms with Crippen LogP contribution in [0.3, 0.4) is 0 Å². The van der Waals surface area contributed by atoms with Gasteiger partial charge in [0.1, 0.15) is 24.9 Å². The molecule has 1 aliphatic heterocycles. The number of rotatable bonds is 11. The predicted molar refractivity (Wildman–Crippen MR) is 106 cm³/mol. The lowest BCUT2D eigenvalue weighted by atomic mass is 10.1. The number of carbonyl (C=O) groups is 6. The molecule has 1 aromatic carbocycles. The molecule has 12 nitrogen and oxygen atoms in total. The number of hydrogen-bond acceptors (Lipinski definition) is 7. The Morgan fingerprint density at radius 3 is 2.06 bits per heavy atom. The van der Waals surface area contributed by atoms with E-state index in [1.807, 2.05) is 0 Å². The maximum atomic E-state index is 12.4. The Morgan fingerprint density at radius 1 is 1.00 bits per heavy atom. The minimum Gasteiger partial charge on any atom is -0.481 e. The quantitative estimate of drug-likeness (QED) is 0.326. The molecule has 12 heteroatoms. The molecule has 0 saturated heterocycles. The molecule has 1 aromatic rings. The van der Waals surface area contributed by atoms with Crippen molar-refractivity contribution in [1.82, 2.24) is 15.5 Å². The minimum atomic E-state index is -1.43. The molecular formula is C20H23N3O9. The third-order valence-electron chi connectivity index (χ3n) is 4.68. The standard InChI is InChI=1S/C20H23N3O9/c1-10(17(27)22-14(20(30)31)7-8-16(25)26)21-15(24)9-32-11(2)23-18(28)12-5-3-4-6-13(12)19(23)29/h3-6,10-11,14H,7-9H2,1-2H3,(H,21,24)(H,22,27)(H,25,26)(H,30,31)/t10-,11?,14+/m0/s1. The van der Waals surface area contributed by atoms with E-state index in [1.54, 1.807) is 12.1 Å². The number of nitrogens with zero attached hydrogens (tertiary/aromatic N) is 1. The molecule has 0 spiro atoms. The third-order valence-corrected chi connectivity index (χ3v) is 4.68. The van der Waals surface area contributed by atoms with Crippen LogP contribution >= 0.6 is 0 Å². The summed E-state index contributed by atoms with van der Waals surface area (Å²) in [6.07, 6.45) is -1.83. The highest BCUT2D eigenvalue weighted by molar-refractivity contribution is 6.21. The molecular weight excluding hydrogens is 426 g/mol. The van der Waals surface area contributed by atoms with Crippen molar-refractivity contribution in [2.75, 3.05) is 6.61 Å². The molecule has 0 saturated carbocycles. The van der Waals surface area contributed by atoms with E-state index in [2.05, 4.69) is 10.6 Å². The number of hydrogen-bond donors (Lipinski definition) is 4. The van der Waals surface area contributed by atoms with E-state index < -0.39 is 66.9 Å². The lowest BCUT2D eigenvalue weighted by Gasteiger charge is -2.23. The Bertz CT molecular complexity index is 911. The van der Waals surface area contributed by atoms with Gasteiger partial charge in [0.2, 0.25) is 11.8 Å². The number of amides is 4. The van der Waals surface area contributed by atoms with Crippen LogP contribution in [0.2, 0.25) is 0 Å². The largest absolute Gasteiger partial charge is 0.481 e. The van der Waals surface area contributed by atoms with E-state index in [4.69, 9.17) is 14.9 Å². The number of imide groups is 1. The van der Waals surface area contributed by atoms with Gasteiger partial charge in [0, 0.05) is 6.42 Å². The van der Waals surface area contributed by atoms with Gasteiger partial charge in [-0.1, -0.05) is 12.1 Å². The van der Waals surface area contributed by atoms with Gasteiger partial charge in [-0.25, -0.2) is 9.69 Å². The number of aliphatic carboxylic acids is 2. The Hall–Kier alpha value is -3.80. The number of benzene rings is 1. The molecule has 1 unspecified atom stereocenters. The molecule has 2 rings (SSSR count). The van der Waals surface area contributed by atoms with Gasteiger partial charge < -0.3 is 25.6 Å². The van der Waals surface area contributed by atoms with Crippen LogP contribution in [0.15, 0.2) is 24.3 Å². The van der Waals surface area contributed by atoms with Crippen LogP contribution in [-0.4, -0.2) is 75.6 Å². The topological polar surface area (TPSA) is 179 Å². The molecule has 4 amide bonds. The third kappa shape index (κ3) is 5.88. The first-order valence-electron chi connectivity index (χ1n) is 9.65. The monoisotopic (exact) mass is 449 g/mol. The van der Waals surface area contributed by atoms with Crippen molar-refractivity contribution in [3.8, 4) is 0 Å². The summed E-state index contributed by atoms with van der Waals surface area (Å²) in [5, 5.41) is 22.2. The van der Waals surface area contributed by atoms with Crippen molar-refractivity contribution >= 4 is 35.6 Å². The summed E-state index contributed by atoms with van der Waals surface area (Å²) in [4.78, 5) is 71.7. The second kappa shape index (κ2) is 10.5. The van der Waals surface area contributed by atoms with Gasteiger partial charge >= 0.3 is 11.9 Å². The average molecular weight is 449 g/mol. The molecule has 0 bridgehead atoms. The first-order chi connectivity index (χ1) is 15.0. The predicted octanol–water partition coefficient (Wildman–Crippen LogP) is -0.416. The Kier molecular flexibility index (Phi) is 8.02. The van der Waals surface area contributed by atoms with Crippen LogP contribution in [0.5, 0.6) is 0 Å². The zero-order chi connectivity index (χ0) is 24.0. The second-order valence-corrected chi connectivity index (χ2v) is 7.06. The zero-order valence-electron chi connectivity index (χ0n) is 17.4. The number of ether oxygens (including phenoxy) is 1. The zero-order valence-corrected chi connectivity index (χ0v) is 17.4. The van der Waals surface area contributed by atoms with Gasteiger partial charge in [0.05, 0.1) is 11.1 Å². The molecule has 172 valence electrons. The fraction of sp³-hybridized carbons (Fsp3) is 0.400. The summed E-state index contributed by atoms with van der Waals surface area (Å²) >= 11 is 0. The van der Waals surface area contributed by atoms with E-state index in [0.29, 0.717) is 0 Å². The molecule has 0 radical (unpaired) electrons. The molecule has 32 heavy (non-hydrogen) atoms. The van der Waals surface area contributed by atoms with Gasteiger partial charge in [0.15, 0.2) is 0 Å². The van der Waals surface area contributed by atoms with E-state index in [1.165, 1.54) is 26.0 Å². The fourth-order valence-electron chi connectivity index (χ4n) is 2.98. The summed E-state index contributed by atoms with van der Waals surface area (Å²) in [6, 6.07) is 3.69. The SMILES string of the molecule is CC(OCC(=O)N[C@@H](C)C(=O)N[C@H](CCC(=O)O)C(=O)O)N1C(=O)c2ccccc2C1=O. The summed E-state index contributed by atoms with van der Waals surface area (Å²) in [5.41, 5.74) is 0.470. The number of carbonyl (C=O) groups excluding carboxylic acids is 4. The summed E-state index contributed by atoms with van der Waals surface area (Å²) in [6.45, 7) is 2.15. The average Bonchev–Trinajstić information content (AvgIpc) is 2.99. The highest BCUT2D eigenvalue weighted by Gasteiger charge is 2.38. The number of nitrogens with one attached hydrogen (secondary N) is 2. The van der Waals surface area contributed by atoms with Crippen LogP contribution in [0.1, 0.15) is 47.4 Å². The van der Waals surface area contributed by atoms with Gasteiger partial charge in [-0.15, -0.1) is 0 Å². The van der Waals surface area contributed by atoms with Crippen molar-refractivity contribution < 1.29 is 43.7 Å². The first-order valence-corrected chi connectivity index (χ1v) is 9.65. The van der Waals surface area contributed by atoms with Crippen LogP contribution in [-0.2, 0) is 23.9 Å². The second-order valence-electron chi connectivity index (χ2n) is 7.06. The van der Waals surface area contributed by atoms with E-state index in [9.17, 15) is 28.8 Å². The van der Waals surface area contributed by atoms with Crippen LogP contribution in [0.25, 0.3) is 0 Å². The van der Waals surface area contributed by atoms with Crippen LogP contribution in [0.4, 0.5) is 0 Å². The smallest absolute Gasteiger partial charge is 0.326 e. The Morgan fingerprint density at radius 2 is 1.56 bits per heavy atom. The van der Waals surface area contributed by atoms with Crippen molar-refractivity contribution in [3.05, 3.63) is 35.4 Å². The highest BCUT2D eigenvalue weighted by atomic mass is 16.5. The molecule has 0 aromatic heterocycles. The molecule has 4 N–H and O–H groups in total. The lowest BCUT2D eigenvalue weighted by molar-refractivity contribution is -0.143. The van der Waals surface area contributed by atoms with Gasteiger partial charge in [0.25, 0.3) is 11.8 Å². The Labute approximate surface area is 182 Å². The molecule has 1 aliphatic rings. The fourth-order valence-corrected chi connectivity index (χ4v) is 2.98. The van der Waals surface area contributed by atoms with Gasteiger partial charge in [-0.2, -0.15) is 0 Å². The van der Waals surface area contributed by atoms with E-state index in [0.717, 1.165) is 4.90 Å². The summed E-state index contributed by atoms with van der Waals surface area (Å²) in [5.74, 6) is -5.29. The van der Waals surface area contributed by atoms with Crippen molar-refractivity contribution in [2.24, 2.45) is 0 Å². The van der Waals surface area contributed by atoms with Crippen molar-refractivity contribution in [3.63, 3.8) is 0 Å². The highest BCUT2D eigenvalue weighted by Crippen LogP contribution is 2.24. The normalized spacial score (nSPS) is 15.5. The summed E-state index contributed by atoms with van der Waals surface area (Å²) < 4.78 is 5.31. The molecule has 0 aliphatic carbocycles. The van der Waals surface area contributed by atoms with Gasteiger partial charge in [-0.05, 0) is 32.4 Å². The molecule has 1 heterocycles. The summed E-state index contributed by atoms with van der Waals surface area (Å²) in [7, 11) is 0. The van der Waals surface area contributed by atoms with E-state index >= 15 is 0 Å². The van der Waals surface area contributed by atoms with Crippen LogP contribution < -0.4 is 10.6 Å². The number of carboxylic acid groups (broad SMARTS) is 2. The number of fused-ring (bicyclic) bond motifs is 1. The minimum absolute atomic E-state index is 0.235. The van der Waals surface area contributed by atoms with Crippen molar-refractivity contribution in [1.29, 1.82) is 0 Å². The number of carboxylic acids is 2. The Balaban J connectivity index is 1.85.